The number of hydrogen-bond donors (Lipinski definition) is 2. The van der Waals surface area contributed by atoms with Gasteiger partial charge in [-0.25, -0.2) is 4.99 Å². The molecule has 27 heavy (non-hydrogen) atoms. The normalized spacial score (nSPS) is 13.4. The number of aryl methyl sites for hydroxylation is 2. The zero-order valence-corrected chi connectivity index (χ0v) is 15.4. The molecule has 1 aliphatic rings. The molecule has 0 aliphatic heterocycles. The fraction of sp³-hybridized carbons (Fsp3) is 0.0870. The average molecular weight is 372 g/mol. The van der Waals surface area contributed by atoms with Gasteiger partial charge in [-0.2, -0.15) is 0 Å². The smallest absolute Gasteiger partial charge is 0.198 e. The van der Waals surface area contributed by atoms with E-state index >= 15 is 0 Å². The Balaban J connectivity index is 1.55. The minimum Gasteiger partial charge on any atom is -0.369 e. The van der Waals surface area contributed by atoms with E-state index in [1.165, 1.54) is 21.9 Å². The van der Waals surface area contributed by atoms with Crippen LogP contribution in [0.5, 0.6) is 0 Å². The molecule has 5 rings (SSSR count). The van der Waals surface area contributed by atoms with Crippen molar-refractivity contribution in [3.63, 3.8) is 0 Å². The van der Waals surface area contributed by atoms with Crippen molar-refractivity contribution in [3.8, 4) is 0 Å². The number of anilines is 1. The molecule has 0 saturated carbocycles. The molecule has 0 fully saturated rings. The van der Waals surface area contributed by atoms with Crippen LogP contribution < -0.4 is 11.1 Å². The van der Waals surface area contributed by atoms with Gasteiger partial charge in [0, 0.05) is 21.5 Å². The maximum atomic E-state index is 6.31. The van der Waals surface area contributed by atoms with Crippen LogP contribution in [0.1, 0.15) is 11.1 Å². The van der Waals surface area contributed by atoms with Crippen LogP contribution in [0.2, 0.25) is 5.02 Å². The van der Waals surface area contributed by atoms with Crippen molar-refractivity contribution in [2.75, 3.05) is 5.32 Å². The number of guanidine groups is 1. The van der Waals surface area contributed by atoms with E-state index in [4.69, 9.17) is 17.3 Å². The van der Waals surface area contributed by atoms with Gasteiger partial charge in [-0.3, -0.25) is 0 Å². The van der Waals surface area contributed by atoms with Gasteiger partial charge in [-0.1, -0.05) is 60.1 Å². The van der Waals surface area contributed by atoms with E-state index in [1.807, 2.05) is 36.4 Å². The molecule has 4 aromatic rings. The summed E-state index contributed by atoms with van der Waals surface area (Å²) in [5.74, 6) is 0.377. The summed E-state index contributed by atoms with van der Waals surface area (Å²) in [4.78, 5) is 4.69. The highest BCUT2D eigenvalue weighted by Crippen LogP contribution is 2.37. The number of aliphatic imine (C=N–C) groups is 1. The van der Waals surface area contributed by atoms with Gasteiger partial charge in [0.1, 0.15) is 0 Å². The largest absolute Gasteiger partial charge is 0.369 e. The molecule has 3 N–H and O–H groups in total. The van der Waals surface area contributed by atoms with E-state index in [0.29, 0.717) is 5.96 Å². The first kappa shape index (κ1) is 16.2. The molecule has 0 atom stereocenters. The van der Waals surface area contributed by atoms with Gasteiger partial charge in [0.15, 0.2) is 5.96 Å². The Kier molecular flexibility index (Phi) is 3.76. The van der Waals surface area contributed by atoms with Gasteiger partial charge in [0.2, 0.25) is 0 Å². The van der Waals surface area contributed by atoms with Crippen LogP contribution >= 0.6 is 11.6 Å². The molecule has 132 valence electrons. The van der Waals surface area contributed by atoms with Gasteiger partial charge in [-0.05, 0) is 52.9 Å². The zero-order chi connectivity index (χ0) is 18.4. The maximum Gasteiger partial charge on any atom is 0.198 e. The quantitative estimate of drug-likeness (QED) is 0.345. The number of benzene rings is 4. The molecular weight excluding hydrogens is 354 g/mol. The predicted octanol–water partition coefficient (Wildman–Crippen LogP) is 5.80. The fourth-order valence-corrected chi connectivity index (χ4v) is 4.24. The van der Waals surface area contributed by atoms with E-state index in [2.05, 4.69) is 40.6 Å². The number of hydrogen-bond acceptors (Lipinski definition) is 1. The minimum absolute atomic E-state index is 0.377. The summed E-state index contributed by atoms with van der Waals surface area (Å²) in [6, 6.07) is 22.5. The summed E-state index contributed by atoms with van der Waals surface area (Å²) >= 11 is 6.31. The highest BCUT2D eigenvalue weighted by Gasteiger charge is 2.17. The summed E-state index contributed by atoms with van der Waals surface area (Å²) < 4.78 is 0. The molecule has 0 unspecified atom stereocenters. The second-order valence-corrected chi connectivity index (χ2v) is 7.25. The second-order valence-electron chi connectivity index (χ2n) is 6.84. The van der Waals surface area contributed by atoms with Crippen LogP contribution in [0.4, 0.5) is 11.4 Å². The molecule has 4 heteroatoms. The Hall–Kier alpha value is -3.04. The average Bonchev–Trinajstić information content (AvgIpc) is 3.13. The molecule has 3 nitrogen and oxygen atoms in total. The first-order chi connectivity index (χ1) is 13.2. The van der Waals surface area contributed by atoms with Gasteiger partial charge in [0.05, 0.1) is 5.69 Å². The van der Waals surface area contributed by atoms with Gasteiger partial charge < -0.3 is 11.1 Å². The maximum absolute atomic E-state index is 6.31. The van der Waals surface area contributed by atoms with Crippen LogP contribution in [0.3, 0.4) is 0 Å². The van der Waals surface area contributed by atoms with Gasteiger partial charge >= 0.3 is 0 Å². The van der Waals surface area contributed by atoms with E-state index in [0.717, 1.165) is 40.0 Å². The summed E-state index contributed by atoms with van der Waals surface area (Å²) in [5.41, 5.74) is 10.8. The van der Waals surface area contributed by atoms with Crippen molar-refractivity contribution in [1.29, 1.82) is 0 Å². The number of nitrogens with two attached hydrogens (primary N) is 1. The summed E-state index contributed by atoms with van der Waals surface area (Å²) in [6.45, 7) is 0. The highest BCUT2D eigenvalue weighted by molar-refractivity contribution is 6.36. The van der Waals surface area contributed by atoms with E-state index < -0.39 is 0 Å². The first-order valence-corrected chi connectivity index (χ1v) is 9.40. The van der Waals surface area contributed by atoms with Crippen molar-refractivity contribution in [2.45, 2.75) is 12.8 Å². The van der Waals surface area contributed by atoms with E-state index in [-0.39, 0.29) is 0 Å². The SMILES string of the molecule is NC(=Nc1ccc2cccc3c2c1CC3)Nc1ccc(Cl)c2ccccc12. The number of nitrogens with one attached hydrogen (secondary N) is 1. The Morgan fingerprint density at radius 3 is 2.63 bits per heavy atom. The number of fused-ring (bicyclic) bond motifs is 1. The monoisotopic (exact) mass is 371 g/mol. The van der Waals surface area contributed by atoms with Crippen molar-refractivity contribution >= 4 is 50.5 Å². The van der Waals surface area contributed by atoms with E-state index in [1.54, 1.807) is 0 Å². The molecule has 1 aliphatic carbocycles. The Morgan fingerprint density at radius 1 is 0.889 bits per heavy atom. The zero-order valence-electron chi connectivity index (χ0n) is 14.7. The number of halogens is 1. The van der Waals surface area contributed by atoms with Crippen molar-refractivity contribution in [1.82, 2.24) is 0 Å². The van der Waals surface area contributed by atoms with Crippen molar-refractivity contribution in [3.05, 3.63) is 82.9 Å². The number of rotatable bonds is 2. The van der Waals surface area contributed by atoms with Crippen LogP contribution in [0, 0.1) is 0 Å². The minimum atomic E-state index is 0.377. The lowest BCUT2D eigenvalue weighted by molar-refractivity contribution is 1.02. The van der Waals surface area contributed by atoms with E-state index in [9.17, 15) is 0 Å². The molecule has 0 aromatic heterocycles. The highest BCUT2D eigenvalue weighted by atomic mass is 35.5. The first-order valence-electron chi connectivity index (χ1n) is 9.02. The summed E-state index contributed by atoms with van der Waals surface area (Å²) in [6.07, 6.45) is 2.07. The Morgan fingerprint density at radius 2 is 1.74 bits per heavy atom. The van der Waals surface area contributed by atoms with Crippen LogP contribution in [-0.2, 0) is 12.8 Å². The van der Waals surface area contributed by atoms with Crippen LogP contribution in [0.15, 0.2) is 71.7 Å². The van der Waals surface area contributed by atoms with Crippen LogP contribution in [-0.4, -0.2) is 5.96 Å². The van der Waals surface area contributed by atoms with Gasteiger partial charge in [0.25, 0.3) is 0 Å². The topological polar surface area (TPSA) is 50.4 Å². The van der Waals surface area contributed by atoms with Crippen LogP contribution in [0.25, 0.3) is 21.5 Å². The molecule has 0 saturated heterocycles. The second kappa shape index (κ2) is 6.29. The molecule has 0 heterocycles. The summed E-state index contributed by atoms with van der Waals surface area (Å²) in [5, 5.41) is 8.59. The van der Waals surface area contributed by atoms with Gasteiger partial charge in [-0.15, -0.1) is 0 Å². The lowest BCUT2D eigenvalue weighted by atomic mass is 10.0. The third-order valence-corrected chi connectivity index (χ3v) is 5.56. The Bertz CT molecular complexity index is 1230. The predicted molar refractivity (Wildman–Crippen MR) is 115 cm³/mol. The molecule has 0 spiro atoms. The molecule has 4 aromatic carbocycles. The Labute approximate surface area is 162 Å². The summed E-state index contributed by atoms with van der Waals surface area (Å²) in [7, 11) is 0. The standard InChI is InChI=1S/C23H18ClN3/c24-19-11-13-20(17-7-2-1-6-16(17)19)26-23(25)27-21-12-9-15-5-3-4-14-8-10-18(21)22(14)15/h1-7,9,11-13H,8,10H2,(H3,25,26,27). The lowest BCUT2D eigenvalue weighted by Gasteiger charge is -2.11. The number of nitrogens with zero attached hydrogens (tertiary/aromatic N) is 1. The molecule has 0 bridgehead atoms. The van der Waals surface area contributed by atoms with Crippen molar-refractivity contribution in [2.24, 2.45) is 10.7 Å². The molecular formula is C23H18ClN3. The molecule has 0 amide bonds. The third-order valence-electron chi connectivity index (χ3n) is 5.23. The molecule has 0 radical (unpaired) electrons. The third kappa shape index (κ3) is 2.71. The van der Waals surface area contributed by atoms with Crippen molar-refractivity contribution < 1.29 is 0 Å². The lowest BCUT2D eigenvalue weighted by Crippen LogP contribution is -2.22. The fourth-order valence-electron chi connectivity index (χ4n) is 4.02.